The average molecular weight is 383 g/mol. The van der Waals surface area contributed by atoms with Crippen molar-refractivity contribution in [1.29, 1.82) is 0 Å². The third kappa shape index (κ3) is 1.92. The van der Waals surface area contributed by atoms with Crippen LogP contribution in [0.1, 0.15) is 4.88 Å². The number of carbonyl (C=O) groups is 1. The molecule has 92 valence electrons. The van der Waals surface area contributed by atoms with Gasteiger partial charge in [-0.1, -0.05) is 0 Å². The van der Waals surface area contributed by atoms with E-state index in [1.807, 2.05) is 6.07 Å². The molecule has 1 unspecified atom stereocenters. The molecular weight excluding hydrogens is 374 g/mol. The molecule has 8 heteroatoms. The summed E-state index contributed by atoms with van der Waals surface area (Å²) in [6.07, 6.45) is 0. The predicted molar refractivity (Wildman–Crippen MR) is 73.2 cm³/mol. The maximum absolute atomic E-state index is 11.8. The number of hydrogen-bond donors (Lipinski definition) is 1. The molecule has 0 bridgehead atoms. The Kier molecular flexibility index (Phi) is 3.32. The fourth-order valence-electron chi connectivity index (χ4n) is 1.51. The van der Waals surface area contributed by atoms with Gasteiger partial charge in [-0.2, -0.15) is 5.10 Å². The van der Waals surface area contributed by atoms with Gasteiger partial charge >= 0.3 is 6.03 Å². The van der Waals surface area contributed by atoms with Gasteiger partial charge in [0.15, 0.2) is 4.62 Å². The summed E-state index contributed by atoms with van der Waals surface area (Å²) < 4.78 is 1.16. The van der Waals surface area contributed by atoms with Gasteiger partial charge in [0.2, 0.25) is 5.72 Å². The van der Waals surface area contributed by atoms with E-state index < -0.39 is 5.72 Å². The molecule has 0 aromatic carbocycles. The first-order valence-electron chi connectivity index (χ1n) is 4.61. The minimum absolute atomic E-state index is 0.281. The lowest BCUT2D eigenvalue weighted by Gasteiger charge is -2.40. The van der Waals surface area contributed by atoms with Crippen LogP contribution in [0.15, 0.2) is 21.0 Å². The maximum atomic E-state index is 11.8. The molecule has 1 aromatic rings. The summed E-state index contributed by atoms with van der Waals surface area (Å²) in [5, 5.41) is 15.8. The molecule has 1 N–H and O–H groups in total. The summed E-state index contributed by atoms with van der Waals surface area (Å²) in [7, 11) is 3.06. The van der Waals surface area contributed by atoms with Gasteiger partial charge < -0.3 is 5.11 Å². The topological polar surface area (TPSA) is 56.1 Å². The SMILES string of the molecule is CN1N=C(Br)C(O)(c2ccc(Br)s2)N(C)C1=O. The first-order chi connectivity index (χ1) is 7.87. The zero-order chi connectivity index (χ0) is 12.8. The van der Waals surface area contributed by atoms with Gasteiger partial charge in [0.25, 0.3) is 0 Å². The normalized spacial score (nSPS) is 25.2. The zero-order valence-corrected chi connectivity index (χ0v) is 13.0. The van der Waals surface area contributed by atoms with Crippen LogP contribution in [-0.2, 0) is 5.72 Å². The molecule has 1 aliphatic rings. The van der Waals surface area contributed by atoms with E-state index in [-0.39, 0.29) is 10.7 Å². The molecule has 0 saturated carbocycles. The van der Waals surface area contributed by atoms with Crippen molar-refractivity contribution in [2.75, 3.05) is 14.1 Å². The van der Waals surface area contributed by atoms with E-state index in [0.717, 1.165) is 3.79 Å². The number of amides is 2. The van der Waals surface area contributed by atoms with Crippen LogP contribution in [0.25, 0.3) is 0 Å². The second kappa shape index (κ2) is 4.34. The van der Waals surface area contributed by atoms with E-state index in [0.29, 0.717) is 4.88 Å². The van der Waals surface area contributed by atoms with E-state index in [1.165, 1.54) is 35.3 Å². The van der Waals surface area contributed by atoms with Crippen molar-refractivity contribution in [2.24, 2.45) is 5.10 Å². The maximum Gasteiger partial charge on any atom is 0.342 e. The van der Waals surface area contributed by atoms with E-state index in [2.05, 4.69) is 37.0 Å². The van der Waals surface area contributed by atoms with Crippen LogP contribution in [0.5, 0.6) is 0 Å². The van der Waals surface area contributed by atoms with Crippen LogP contribution in [0.3, 0.4) is 0 Å². The second-order valence-electron chi connectivity index (χ2n) is 3.53. The highest BCUT2D eigenvalue weighted by Crippen LogP contribution is 2.38. The number of nitrogens with zero attached hydrogens (tertiary/aromatic N) is 3. The summed E-state index contributed by atoms with van der Waals surface area (Å²) in [4.78, 5) is 13.7. The molecule has 1 atom stereocenters. The Bertz CT molecular complexity index is 504. The van der Waals surface area contributed by atoms with Gasteiger partial charge in [-0.05, 0) is 44.0 Å². The lowest BCUT2D eigenvalue weighted by atomic mass is 10.1. The average Bonchev–Trinajstić information content (AvgIpc) is 2.71. The van der Waals surface area contributed by atoms with Gasteiger partial charge in [-0.15, -0.1) is 11.3 Å². The summed E-state index contributed by atoms with van der Waals surface area (Å²) in [5.74, 6) is 0. The second-order valence-corrected chi connectivity index (χ2v) is 6.75. The highest BCUT2D eigenvalue weighted by Gasteiger charge is 2.47. The molecule has 0 fully saturated rings. The van der Waals surface area contributed by atoms with Crippen LogP contribution in [0.2, 0.25) is 0 Å². The highest BCUT2D eigenvalue weighted by molar-refractivity contribution is 9.18. The smallest absolute Gasteiger partial charge is 0.342 e. The van der Waals surface area contributed by atoms with Crippen LogP contribution in [0.4, 0.5) is 4.79 Å². The van der Waals surface area contributed by atoms with Crippen molar-refractivity contribution in [1.82, 2.24) is 9.91 Å². The molecule has 17 heavy (non-hydrogen) atoms. The van der Waals surface area contributed by atoms with Gasteiger partial charge in [-0.25, -0.2) is 9.80 Å². The Hall–Kier alpha value is -0.440. The van der Waals surface area contributed by atoms with Gasteiger partial charge in [0, 0.05) is 14.1 Å². The van der Waals surface area contributed by atoms with Gasteiger partial charge in [-0.3, -0.25) is 4.90 Å². The molecule has 2 heterocycles. The molecule has 1 aromatic heterocycles. The molecule has 0 spiro atoms. The van der Waals surface area contributed by atoms with Crippen molar-refractivity contribution in [2.45, 2.75) is 5.72 Å². The number of hydrogen-bond acceptors (Lipinski definition) is 4. The third-order valence-corrected chi connectivity index (χ3v) is 4.92. The van der Waals surface area contributed by atoms with E-state index in [9.17, 15) is 9.90 Å². The number of carbonyl (C=O) groups excluding carboxylic acids is 1. The Morgan fingerprint density at radius 3 is 2.59 bits per heavy atom. The molecular formula is C9H9Br2N3O2S. The molecule has 0 aliphatic carbocycles. The molecule has 2 rings (SSSR count). The number of hydrazone groups is 1. The number of urea groups is 1. The summed E-state index contributed by atoms with van der Waals surface area (Å²) in [6, 6.07) is 3.19. The Labute approximate surface area is 119 Å². The number of thiophene rings is 1. The Morgan fingerprint density at radius 2 is 2.06 bits per heavy atom. The summed E-state index contributed by atoms with van der Waals surface area (Å²) in [5.41, 5.74) is -1.54. The lowest BCUT2D eigenvalue weighted by molar-refractivity contribution is -0.0239. The fraction of sp³-hybridized carbons (Fsp3) is 0.333. The molecule has 2 amide bonds. The van der Waals surface area contributed by atoms with E-state index >= 15 is 0 Å². The number of rotatable bonds is 1. The monoisotopic (exact) mass is 381 g/mol. The minimum Gasteiger partial charge on any atom is -0.361 e. The molecule has 0 radical (unpaired) electrons. The quantitative estimate of drug-likeness (QED) is 0.810. The standard InChI is InChI=1S/C9H9Br2N3O2S/c1-13-8(15)14(2)12-7(11)9(13,16)5-3-4-6(10)17-5/h3-4,16H,1-2H3. The Morgan fingerprint density at radius 1 is 1.41 bits per heavy atom. The zero-order valence-electron chi connectivity index (χ0n) is 9.02. The number of aliphatic hydroxyl groups is 1. The fourth-order valence-corrected chi connectivity index (χ4v) is 3.87. The van der Waals surface area contributed by atoms with Crippen molar-refractivity contribution in [3.8, 4) is 0 Å². The van der Waals surface area contributed by atoms with E-state index in [1.54, 1.807) is 6.07 Å². The lowest BCUT2D eigenvalue weighted by Crippen LogP contribution is -2.57. The van der Waals surface area contributed by atoms with Crippen molar-refractivity contribution >= 4 is 53.8 Å². The number of halogens is 2. The van der Waals surface area contributed by atoms with Crippen LogP contribution < -0.4 is 0 Å². The van der Waals surface area contributed by atoms with Crippen molar-refractivity contribution in [3.63, 3.8) is 0 Å². The Balaban J connectivity index is 2.55. The van der Waals surface area contributed by atoms with Crippen LogP contribution in [-0.4, -0.2) is 39.8 Å². The predicted octanol–water partition coefficient (Wildman–Crippen LogP) is 2.36. The molecule has 1 aliphatic heterocycles. The van der Waals surface area contributed by atoms with E-state index in [4.69, 9.17) is 0 Å². The van der Waals surface area contributed by atoms with Gasteiger partial charge in [0.1, 0.15) is 0 Å². The molecule has 5 nitrogen and oxygen atoms in total. The first kappa shape index (κ1) is 13.0. The van der Waals surface area contributed by atoms with Crippen LogP contribution >= 0.6 is 43.2 Å². The molecule has 0 saturated heterocycles. The van der Waals surface area contributed by atoms with Crippen molar-refractivity contribution in [3.05, 3.63) is 20.8 Å². The first-order valence-corrected chi connectivity index (χ1v) is 7.02. The van der Waals surface area contributed by atoms with Crippen molar-refractivity contribution < 1.29 is 9.90 Å². The third-order valence-electron chi connectivity index (χ3n) is 2.49. The minimum atomic E-state index is -1.54. The largest absolute Gasteiger partial charge is 0.361 e. The van der Waals surface area contributed by atoms with Gasteiger partial charge in [0.05, 0.1) is 8.66 Å². The highest BCUT2D eigenvalue weighted by atomic mass is 79.9. The van der Waals surface area contributed by atoms with Crippen LogP contribution in [0, 0.1) is 0 Å². The summed E-state index contributed by atoms with van der Waals surface area (Å²) >= 11 is 7.90. The summed E-state index contributed by atoms with van der Waals surface area (Å²) in [6.45, 7) is 0.